The summed E-state index contributed by atoms with van der Waals surface area (Å²) in [5, 5.41) is 12.1. The second kappa shape index (κ2) is 7.28. The topological polar surface area (TPSA) is 109 Å². The summed E-state index contributed by atoms with van der Waals surface area (Å²) < 4.78 is 5.61. The minimum atomic E-state index is -0.846. The van der Waals surface area contributed by atoms with E-state index in [1.165, 1.54) is 0 Å². The number of aromatic amines is 1. The lowest BCUT2D eigenvalue weighted by Gasteiger charge is -2.13. The van der Waals surface area contributed by atoms with Crippen LogP contribution < -0.4 is 15.4 Å². The average Bonchev–Trinajstić information content (AvgIpc) is 3.09. The molecule has 1 aromatic heterocycles. The molecular formula is C19H17N5O3. The first-order valence-corrected chi connectivity index (χ1v) is 8.48. The molecule has 136 valence electrons. The molecule has 8 heteroatoms. The lowest BCUT2D eigenvalue weighted by atomic mass is 10.1. The molecule has 0 aliphatic carbocycles. The fourth-order valence-corrected chi connectivity index (χ4v) is 2.76. The van der Waals surface area contributed by atoms with E-state index >= 15 is 0 Å². The molecule has 27 heavy (non-hydrogen) atoms. The molecule has 0 bridgehead atoms. The summed E-state index contributed by atoms with van der Waals surface area (Å²) in [5.74, 6) is 0.218. The van der Waals surface area contributed by atoms with Gasteiger partial charge in [0.2, 0.25) is 5.82 Å². The molecule has 3 N–H and O–H groups in total. The molecule has 8 nitrogen and oxygen atoms in total. The third-order valence-corrected chi connectivity index (χ3v) is 4.12. The quantitative estimate of drug-likeness (QED) is 0.651. The van der Waals surface area contributed by atoms with Gasteiger partial charge >= 0.3 is 0 Å². The van der Waals surface area contributed by atoms with Crippen molar-refractivity contribution in [3.8, 4) is 5.75 Å². The number of benzene rings is 2. The summed E-state index contributed by atoms with van der Waals surface area (Å²) in [4.78, 5) is 29.0. The van der Waals surface area contributed by atoms with Crippen molar-refractivity contribution in [1.29, 1.82) is 0 Å². The number of carbonyl (C=O) groups is 2. The second-order valence-electron chi connectivity index (χ2n) is 6.09. The van der Waals surface area contributed by atoms with Crippen LogP contribution in [0.25, 0.3) is 0 Å². The third kappa shape index (κ3) is 3.79. The van der Waals surface area contributed by atoms with Crippen molar-refractivity contribution in [1.82, 2.24) is 20.5 Å². The van der Waals surface area contributed by atoms with Crippen LogP contribution in [0.15, 0.2) is 54.6 Å². The maximum atomic E-state index is 12.4. The van der Waals surface area contributed by atoms with Crippen molar-refractivity contribution < 1.29 is 14.3 Å². The molecule has 2 amide bonds. The number of rotatable bonds is 4. The van der Waals surface area contributed by atoms with Gasteiger partial charge in [0.25, 0.3) is 11.8 Å². The van der Waals surface area contributed by atoms with E-state index in [4.69, 9.17) is 4.74 Å². The predicted molar refractivity (Wildman–Crippen MR) is 97.5 cm³/mol. The first-order valence-electron chi connectivity index (χ1n) is 8.48. The van der Waals surface area contributed by atoms with E-state index in [0.717, 1.165) is 5.56 Å². The highest BCUT2D eigenvalue weighted by molar-refractivity contribution is 6.01. The van der Waals surface area contributed by atoms with Gasteiger partial charge in [-0.05, 0) is 17.7 Å². The second-order valence-corrected chi connectivity index (χ2v) is 6.09. The SMILES string of the molecule is O=C(N[C@@H]1COc2ccccc2NC1=O)c1n[nH]c(Cc2ccccc2)n1. The summed E-state index contributed by atoms with van der Waals surface area (Å²) in [6.45, 7) is 0.0237. The smallest absolute Gasteiger partial charge is 0.291 e. The van der Waals surface area contributed by atoms with Crippen molar-refractivity contribution in [2.45, 2.75) is 12.5 Å². The van der Waals surface area contributed by atoms with Crippen LogP contribution in [0.3, 0.4) is 0 Å². The fraction of sp³-hybridized carbons (Fsp3) is 0.158. The molecule has 2 heterocycles. The largest absolute Gasteiger partial charge is 0.489 e. The van der Waals surface area contributed by atoms with Crippen LogP contribution in [0.5, 0.6) is 5.75 Å². The van der Waals surface area contributed by atoms with E-state index in [1.807, 2.05) is 36.4 Å². The van der Waals surface area contributed by atoms with Gasteiger partial charge in [-0.3, -0.25) is 14.7 Å². The van der Waals surface area contributed by atoms with Gasteiger partial charge in [-0.1, -0.05) is 42.5 Å². The highest BCUT2D eigenvalue weighted by Gasteiger charge is 2.27. The highest BCUT2D eigenvalue weighted by atomic mass is 16.5. The average molecular weight is 363 g/mol. The molecule has 0 fully saturated rings. The van der Waals surface area contributed by atoms with Crippen molar-refractivity contribution in [3.63, 3.8) is 0 Å². The van der Waals surface area contributed by atoms with Crippen LogP contribution in [-0.2, 0) is 11.2 Å². The van der Waals surface area contributed by atoms with E-state index in [-0.39, 0.29) is 18.3 Å². The Morgan fingerprint density at radius 1 is 1.15 bits per heavy atom. The number of nitrogens with one attached hydrogen (secondary N) is 3. The van der Waals surface area contributed by atoms with Crippen LogP contribution in [0.4, 0.5) is 5.69 Å². The number of hydrogen-bond donors (Lipinski definition) is 3. The van der Waals surface area contributed by atoms with Crippen molar-refractivity contribution in [2.75, 3.05) is 11.9 Å². The molecule has 4 rings (SSSR count). The van der Waals surface area contributed by atoms with Crippen LogP contribution in [0.2, 0.25) is 0 Å². The standard InChI is InChI=1S/C19H17N5O3/c25-18-14(11-27-15-9-5-4-8-13(15)20-18)21-19(26)17-22-16(23-24-17)10-12-6-2-1-3-7-12/h1-9,14H,10-11H2,(H,20,25)(H,21,26)(H,22,23,24)/t14-/m1/s1. The van der Waals surface area contributed by atoms with Gasteiger partial charge in [0.1, 0.15) is 24.2 Å². The van der Waals surface area contributed by atoms with Gasteiger partial charge in [-0.15, -0.1) is 5.10 Å². The van der Waals surface area contributed by atoms with E-state index < -0.39 is 11.9 Å². The van der Waals surface area contributed by atoms with Gasteiger partial charge in [-0.2, -0.15) is 0 Å². The van der Waals surface area contributed by atoms with Crippen molar-refractivity contribution in [2.24, 2.45) is 0 Å². The Bertz CT molecular complexity index is 970. The molecule has 2 aromatic carbocycles. The van der Waals surface area contributed by atoms with Crippen molar-refractivity contribution in [3.05, 3.63) is 71.8 Å². The van der Waals surface area contributed by atoms with E-state index in [0.29, 0.717) is 23.7 Å². The summed E-state index contributed by atoms with van der Waals surface area (Å²) in [5.41, 5.74) is 1.62. The summed E-state index contributed by atoms with van der Waals surface area (Å²) >= 11 is 0. The minimum Gasteiger partial charge on any atom is -0.489 e. The lowest BCUT2D eigenvalue weighted by Crippen LogP contribution is -2.46. The lowest BCUT2D eigenvalue weighted by molar-refractivity contribution is -0.118. The first kappa shape index (κ1) is 16.8. The number of ether oxygens (including phenoxy) is 1. The Morgan fingerprint density at radius 2 is 1.93 bits per heavy atom. The fourth-order valence-electron chi connectivity index (χ4n) is 2.76. The molecule has 1 aliphatic rings. The zero-order chi connectivity index (χ0) is 18.6. The molecular weight excluding hydrogens is 346 g/mol. The summed E-state index contributed by atoms with van der Waals surface area (Å²) in [6.07, 6.45) is 0.531. The Kier molecular flexibility index (Phi) is 4.52. The third-order valence-electron chi connectivity index (χ3n) is 4.12. The number of para-hydroxylation sites is 2. The minimum absolute atomic E-state index is 0.0181. The Balaban J connectivity index is 1.41. The number of hydrogen-bond acceptors (Lipinski definition) is 5. The first-order chi connectivity index (χ1) is 13.2. The zero-order valence-electron chi connectivity index (χ0n) is 14.3. The number of amides is 2. The van der Waals surface area contributed by atoms with E-state index in [2.05, 4.69) is 25.8 Å². The molecule has 0 unspecified atom stereocenters. The van der Waals surface area contributed by atoms with Gasteiger partial charge in [0.05, 0.1) is 5.69 Å². The van der Waals surface area contributed by atoms with Crippen LogP contribution in [0.1, 0.15) is 22.0 Å². The molecule has 3 aromatic rings. The molecule has 0 radical (unpaired) electrons. The zero-order valence-corrected chi connectivity index (χ0v) is 14.3. The van der Waals surface area contributed by atoms with Gasteiger partial charge in [0, 0.05) is 6.42 Å². The van der Waals surface area contributed by atoms with Crippen LogP contribution >= 0.6 is 0 Å². The monoisotopic (exact) mass is 363 g/mol. The molecule has 1 atom stereocenters. The summed E-state index contributed by atoms with van der Waals surface area (Å²) in [7, 11) is 0. The number of H-pyrrole nitrogens is 1. The van der Waals surface area contributed by atoms with Gasteiger partial charge in [0.15, 0.2) is 0 Å². The Hall–Kier alpha value is -3.68. The molecule has 0 saturated heterocycles. The number of aromatic nitrogens is 3. The van der Waals surface area contributed by atoms with Crippen LogP contribution in [-0.4, -0.2) is 39.6 Å². The maximum absolute atomic E-state index is 12.4. The van der Waals surface area contributed by atoms with Crippen molar-refractivity contribution >= 4 is 17.5 Å². The molecule has 1 aliphatic heterocycles. The molecule has 0 saturated carbocycles. The normalized spacial score (nSPS) is 15.9. The summed E-state index contributed by atoms with van der Waals surface area (Å²) in [6, 6.07) is 16.0. The number of anilines is 1. The number of nitrogens with zero attached hydrogens (tertiary/aromatic N) is 2. The number of fused-ring (bicyclic) bond motifs is 1. The van der Waals surface area contributed by atoms with Gasteiger partial charge in [-0.25, -0.2) is 4.98 Å². The number of carbonyl (C=O) groups excluding carboxylic acids is 2. The highest BCUT2D eigenvalue weighted by Crippen LogP contribution is 2.26. The van der Waals surface area contributed by atoms with E-state index in [9.17, 15) is 9.59 Å². The Morgan fingerprint density at radius 3 is 2.78 bits per heavy atom. The van der Waals surface area contributed by atoms with Crippen LogP contribution in [0, 0.1) is 0 Å². The maximum Gasteiger partial charge on any atom is 0.291 e. The molecule has 0 spiro atoms. The van der Waals surface area contributed by atoms with Gasteiger partial charge < -0.3 is 15.4 Å². The van der Waals surface area contributed by atoms with E-state index in [1.54, 1.807) is 18.2 Å². The Labute approximate surface area is 155 Å². The predicted octanol–water partition coefficient (Wildman–Crippen LogP) is 1.52.